The Morgan fingerprint density at radius 3 is 2.72 bits per heavy atom. The van der Waals surface area contributed by atoms with Gasteiger partial charge < -0.3 is 14.6 Å². The van der Waals surface area contributed by atoms with E-state index in [0.717, 1.165) is 5.56 Å². The third-order valence-electron chi connectivity index (χ3n) is 4.16. The monoisotopic (exact) mass is 402 g/mol. The Balaban J connectivity index is 1.87. The first-order chi connectivity index (χ1) is 13.8. The lowest BCUT2D eigenvalue weighted by Gasteiger charge is -2.16. The SMILES string of the molecule is CCO[C@@H](Cc1ccc(OC/C=C(/C)C#CC2(F)C=CC=C(F)C2)cc1)C(=O)O. The number of carbonyl (C=O) groups is 1. The number of benzene rings is 1. The second-order valence-corrected chi connectivity index (χ2v) is 6.59. The van der Waals surface area contributed by atoms with Crippen molar-refractivity contribution < 1.29 is 28.2 Å². The Kier molecular flexibility index (Phi) is 8.17. The van der Waals surface area contributed by atoms with Crippen LogP contribution in [0.2, 0.25) is 0 Å². The number of hydrogen-bond acceptors (Lipinski definition) is 3. The summed E-state index contributed by atoms with van der Waals surface area (Å²) in [6, 6.07) is 7.05. The van der Waals surface area contributed by atoms with Crippen LogP contribution in [0.3, 0.4) is 0 Å². The van der Waals surface area contributed by atoms with Crippen molar-refractivity contribution in [2.75, 3.05) is 13.2 Å². The first kappa shape index (κ1) is 22.4. The molecule has 0 saturated carbocycles. The minimum atomic E-state index is -1.99. The molecule has 4 nitrogen and oxygen atoms in total. The zero-order chi connectivity index (χ0) is 21.3. The molecule has 0 saturated heterocycles. The molecule has 29 heavy (non-hydrogen) atoms. The molecule has 0 aromatic heterocycles. The van der Waals surface area contributed by atoms with E-state index in [-0.39, 0.29) is 19.4 Å². The number of aliphatic carboxylic acids is 1. The van der Waals surface area contributed by atoms with Crippen LogP contribution in [-0.4, -0.2) is 36.1 Å². The summed E-state index contributed by atoms with van der Waals surface area (Å²) in [6.07, 6.45) is 4.52. The van der Waals surface area contributed by atoms with Crippen molar-refractivity contribution in [3.63, 3.8) is 0 Å². The van der Waals surface area contributed by atoms with Gasteiger partial charge in [0, 0.05) is 19.4 Å². The number of halogens is 2. The van der Waals surface area contributed by atoms with E-state index in [4.69, 9.17) is 14.6 Å². The van der Waals surface area contributed by atoms with Gasteiger partial charge in [-0.2, -0.15) is 0 Å². The fourth-order valence-corrected chi connectivity index (χ4v) is 2.63. The molecule has 1 aromatic rings. The van der Waals surface area contributed by atoms with Crippen LogP contribution in [0.15, 0.2) is 60.0 Å². The highest BCUT2D eigenvalue weighted by atomic mass is 19.1. The van der Waals surface area contributed by atoms with Crippen molar-refractivity contribution in [3.8, 4) is 17.6 Å². The predicted molar refractivity (Wildman–Crippen MR) is 107 cm³/mol. The minimum absolute atomic E-state index is 0.236. The predicted octanol–water partition coefficient (Wildman–Crippen LogP) is 4.57. The topological polar surface area (TPSA) is 55.8 Å². The highest BCUT2D eigenvalue weighted by molar-refractivity contribution is 5.72. The lowest BCUT2D eigenvalue weighted by Crippen LogP contribution is -2.26. The molecule has 0 radical (unpaired) electrons. The molecule has 1 aliphatic carbocycles. The highest BCUT2D eigenvalue weighted by Crippen LogP contribution is 2.27. The Hall–Kier alpha value is -2.91. The smallest absolute Gasteiger partial charge is 0.333 e. The number of carboxylic acids is 1. The number of hydrogen-bond donors (Lipinski definition) is 1. The first-order valence-corrected chi connectivity index (χ1v) is 9.30. The summed E-state index contributed by atoms with van der Waals surface area (Å²) >= 11 is 0. The summed E-state index contributed by atoms with van der Waals surface area (Å²) in [7, 11) is 0. The van der Waals surface area contributed by atoms with Gasteiger partial charge in [-0.15, -0.1) is 0 Å². The molecule has 1 aliphatic rings. The van der Waals surface area contributed by atoms with Crippen molar-refractivity contribution in [3.05, 3.63) is 65.5 Å². The van der Waals surface area contributed by atoms with Gasteiger partial charge >= 0.3 is 5.97 Å². The molecule has 2 rings (SSSR count). The van der Waals surface area contributed by atoms with E-state index in [1.54, 1.807) is 44.2 Å². The van der Waals surface area contributed by atoms with Crippen molar-refractivity contribution in [2.45, 2.75) is 38.5 Å². The van der Waals surface area contributed by atoms with E-state index in [0.29, 0.717) is 17.9 Å². The summed E-state index contributed by atoms with van der Waals surface area (Å²) in [5, 5.41) is 9.13. The summed E-state index contributed by atoms with van der Waals surface area (Å²) in [6.45, 7) is 4.04. The van der Waals surface area contributed by atoms with Crippen LogP contribution in [0.25, 0.3) is 0 Å². The normalized spacial score (nSPS) is 19.7. The van der Waals surface area contributed by atoms with E-state index >= 15 is 0 Å². The van der Waals surface area contributed by atoms with Gasteiger partial charge in [-0.3, -0.25) is 0 Å². The van der Waals surface area contributed by atoms with Crippen molar-refractivity contribution >= 4 is 5.97 Å². The second-order valence-electron chi connectivity index (χ2n) is 6.59. The van der Waals surface area contributed by atoms with E-state index in [1.807, 2.05) is 0 Å². The Bertz CT molecular complexity index is 859. The summed E-state index contributed by atoms with van der Waals surface area (Å²) < 4.78 is 38.4. The Morgan fingerprint density at radius 1 is 1.38 bits per heavy atom. The molecule has 0 aliphatic heterocycles. The standard InChI is InChI=1S/C23H24F2O4/c1-3-28-21(22(26)27)15-18-6-8-20(9-7-18)29-14-11-17(2)10-13-23(25)12-4-5-19(24)16-23/h4-9,11-12,21H,3,14-16H2,1-2H3,(H,26,27)/b17-11-/t21-,23?/m0/s1. The van der Waals surface area contributed by atoms with Crippen LogP contribution in [0, 0.1) is 11.8 Å². The molecule has 0 amide bonds. The molecule has 2 atom stereocenters. The van der Waals surface area contributed by atoms with Crippen LogP contribution < -0.4 is 4.74 Å². The molecule has 0 fully saturated rings. The molecule has 154 valence electrons. The van der Waals surface area contributed by atoms with E-state index < -0.39 is 23.6 Å². The van der Waals surface area contributed by atoms with Crippen LogP contribution in [0.4, 0.5) is 8.78 Å². The van der Waals surface area contributed by atoms with Crippen LogP contribution in [-0.2, 0) is 16.0 Å². The van der Waals surface area contributed by atoms with Crippen LogP contribution in [0.5, 0.6) is 5.75 Å². The third-order valence-corrected chi connectivity index (χ3v) is 4.16. The fraction of sp³-hybridized carbons (Fsp3) is 0.348. The zero-order valence-electron chi connectivity index (χ0n) is 16.5. The average molecular weight is 402 g/mol. The molecule has 1 N–H and O–H groups in total. The van der Waals surface area contributed by atoms with E-state index in [1.165, 1.54) is 18.2 Å². The second kappa shape index (κ2) is 10.6. The van der Waals surface area contributed by atoms with Gasteiger partial charge in [-0.25, -0.2) is 13.6 Å². The number of alkyl halides is 1. The maximum Gasteiger partial charge on any atom is 0.333 e. The first-order valence-electron chi connectivity index (χ1n) is 9.30. The molecular weight excluding hydrogens is 378 g/mol. The summed E-state index contributed by atoms with van der Waals surface area (Å²) in [4.78, 5) is 11.1. The van der Waals surface area contributed by atoms with Gasteiger partial charge in [0.05, 0.1) is 0 Å². The van der Waals surface area contributed by atoms with Gasteiger partial charge in [0.25, 0.3) is 0 Å². The van der Waals surface area contributed by atoms with Gasteiger partial charge in [-0.1, -0.05) is 30.0 Å². The van der Waals surface area contributed by atoms with Crippen molar-refractivity contribution in [2.24, 2.45) is 0 Å². The molecule has 0 heterocycles. The highest BCUT2D eigenvalue weighted by Gasteiger charge is 2.27. The molecule has 1 aromatic carbocycles. The van der Waals surface area contributed by atoms with Gasteiger partial charge in [0.15, 0.2) is 11.8 Å². The molecular formula is C23H24F2O4. The lowest BCUT2D eigenvalue weighted by molar-refractivity contribution is -0.149. The quantitative estimate of drug-likeness (QED) is 0.648. The van der Waals surface area contributed by atoms with Gasteiger partial charge in [-0.05, 0) is 55.3 Å². The van der Waals surface area contributed by atoms with Crippen LogP contribution in [0.1, 0.15) is 25.8 Å². The number of allylic oxidation sites excluding steroid dienone is 5. The summed E-state index contributed by atoms with van der Waals surface area (Å²) in [5.74, 6) is 4.23. The lowest BCUT2D eigenvalue weighted by atomic mass is 9.97. The van der Waals surface area contributed by atoms with Crippen molar-refractivity contribution in [1.82, 2.24) is 0 Å². The third kappa shape index (κ3) is 7.55. The van der Waals surface area contributed by atoms with Gasteiger partial charge in [0.1, 0.15) is 18.2 Å². The van der Waals surface area contributed by atoms with E-state index in [9.17, 15) is 13.6 Å². The Labute approximate surface area is 169 Å². The average Bonchev–Trinajstić information content (AvgIpc) is 2.67. The summed E-state index contributed by atoms with van der Waals surface area (Å²) in [5.41, 5.74) is -0.547. The molecule has 0 bridgehead atoms. The minimum Gasteiger partial charge on any atom is -0.490 e. The number of ether oxygens (including phenoxy) is 2. The molecule has 1 unspecified atom stereocenters. The van der Waals surface area contributed by atoms with Gasteiger partial charge in [0.2, 0.25) is 0 Å². The number of rotatable bonds is 8. The maximum atomic E-state index is 14.4. The Morgan fingerprint density at radius 2 is 2.10 bits per heavy atom. The molecule has 6 heteroatoms. The molecule has 0 spiro atoms. The zero-order valence-corrected chi connectivity index (χ0v) is 16.5. The largest absolute Gasteiger partial charge is 0.490 e. The maximum absolute atomic E-state index is 14.4. The van der Waals surface area contributed by atoms with Crippen LogP contribution >= 0.6 is 0 Å². The number of carboxylic acid groups (broad SMARTS) is 1. The van der Waals surface area contributed by atoms with Crippen molar-refractivity contribution in [1.29, 1.82) is 0 Å². The fourth-order valence-electron chi connectivity index (χ4n) is 2.63. The van der Waals surface area contributed by atoms with E-state index in [2.05, 4.69) is 11.8 Å².